The average molecular weight is 237 g/mol. The first-order valence-electron chi connectivity index (χ1n) is 6.22. The minimum absolute atomic E-state index is 0.227. The fourth-order valence-electron chi connectivity index (χ4n) is 1.92. The molecule has 0 aliphatic carbocycles. The Balaban J connectivity index is 2.96. The van der Waals surface area contributed by atoms with Gasteiger partial charge in [0.1, 0.15) is 0 Å². The molecule has 1 aromatic heterocycles. The van der Waals surface area contributed by atoms with Crippen LogP contribution in [0, 0.1) is 0 Å². The van der Waals surface area contributed by atoms with Crippen LogP contribution in [0.1, 0.15) is 38.4 Å². The van der Waals surface area contributed by atoms with E-state index in [0.717, 1.165) is 37.4 Å². The molecule has 4 heteroatoms. The molecule has 0 saturated carbocycles. The SMILES string of the molecule is C=CCC(NCCC)c1c(OC)cnn1CC. The second-order valence-corrected chi connectivity index (χ2v) is 3.95. The molecule has 96 valence electrons. The van der Waals surface area contributed by atoms with Crippen molar-refractivity contribution in [2.24, 2.45) is 0 Å². The molecule has 0 amide bonds. The average Bonchev–Trinajstić information content (AvgIpc) is 2.77. The van der Waals surface area contributed by atoms with E-state index in [1.807, 2.05) is 10.8 Å². The van der Waals surface area contributed by atoms with E-state index < -0.39 is 0 Å². The van der Waals surface area contributed by atoms with Crippen LogP contribution >= 0.6 is 0 Å². The van der Waals surface area contributed by atoms with Crippen LogP contribution in [0.15, 0.2) is 18.9 Å². The first-order chi connectivity index (χ1) is 8.28. The molecular formula is C13H23N3O. The summed E-state index contributed by atoms with van der Waals surface area (Å²) in [7, 11) is 1.69. The number of hydrogen-bond donors (Lipinski definition) is 1. The van der Waals surface area contributed by atoms with E-state index in [1.54, 1.807) is 13.3 Å². The molecule has 17 heavy (non-hydrogen) atoms. The number of aryl methyl sites for hydroxylation is 1. The van der Waals surface area contributed by atoms with Gasteiger partial charge >= 0.3 is 0 Å². The highest BCUT2D eigenvalue weighted by atomic mass is 16.5. The summed E-state index contributed by atoms with van der Waals surface area (Å²) in [5, 5.41) is 7.84. The van der Waals surface area contributed by atoms with Crippen LogP contribution in [-0.2, 0) is 6.54 Å². The summed E-state index contributed by atoms with van der Waals surface area (Å²) in [5.41, 5.74) is 1.11. The quantitative estimate of drug-likeness (QED) is 0.706. The molecule has 1 aromatic rings. The predicted molar refractivity (Wildman–Crippen MR) is 70.3 cm³/mol. The van der Waals surface area contributed by atoms with E-state index in [9.17, 15) is 0 Å². The van der Waals surface area contributed by atoms with E-state index in [-0.39, 0.29) is 6.04 Å². The predicted octanol–water partition coefficient (Wildman–Crippen LogP) is 2.53. The van der Waals surface area contributed by atoms with Crippen molar-refractivity contribution in [2.75, 3.05) is 13.7 Å². The van der Waals surface area contributed by atoms with Gasteiger partial charge in [-0.25, -0.2) is 0 Å². The van der Waals surface area contributed by atoms with E-state index in [0.29, 0.717) is 0 Å². The molecule has 0 radical (unpaired) electrons. The van der Waals surface area contributed by atoms with Crippen LogP contribution in [-0.4, -0.2) is 23.4 Å². The Hall–Kier alpha value is -1.29. The Labute approximate surface area is 104 Å². The molecule has 1 heterocycles. The van der Waals surface area contributed by atoms with Gasteiger partial charge in [0.05, 0.1) is 25.0 Å². The lowest BCUT2D eigenvalue weighted by Crippen LogP contribution is -2.24. The van der Waals surface area contributed by atoms with Gasteiger partial charge in [-0.05, 0) is 26.3 Å². The van der Waals surface area contributed by atoms with Crippen LogP contribution in [0.5, 0.6) is 5.75 Å². The zero-order valence-electron chi connectivity index (χ0n) is 11.1. The molecule has 1 N–H and O–H groups in total. The fourth-order valence-corrected chi connectivity index (χ4v) is 1.92. The number of hydrogen-bond acceptors (Lipinski definition) is 3. The molecule has 0 aliphatic heterocycles. The van der Waals surface area contributed by atoms with Crippen LogP contribution < -0.4 is 10.1 Å². The summed E-state index contributed by atoms with van der Waals surface area (Å²) in [6.07, 6.45) is 5.70. The van der Waals surface area contributed by atoms with Gasteiger partial charge in [-0.1, -0.05) is 13.0 Å². The van der Waals surface area contributed by atoms with Crippen molar-refractivity contribution in [1.82, 2.24) is 15.1 Å². The van der Waals surface area contributed by atoms with E-state index in [1.165, 1.54) is 0 Å². The minimum atomic E-state index is 0.227. The Kier molecular flexibility index (Phi) is 5.77. The van der Waals surface area contributed by atoms with Gasteiger partial charge in [0.2, 0.25) is 0 Å². The van der Waals surface area contributed by atoms with Gasteiger partial charge in [0.15, 0.2) is 5.75 Å². The highest BCUT2D eigenvalue weighted by molar-refractivity contribution is 5.28. The lowest BCUT2D eigenvalue weighted by molar-refractivity contribution is 0.391. The molecule has 4 nitrogen and oxygen atoms in total. The lowest BCUT2D eigenvalue weighted by Gasteiger charge is -2.19. The van der Waals surface area contributed by atoms with Crippen molar-refractivity contribution in [3.8, 4) is 5.75 Å². The third kappa shape index (κ3) is 3.33. The van der Waals surface area contributed by atoms with Gasteiger partial charge in [0.25, 0.3) is 0 Å². The summed E-state index contributed by atoms with van der Waals surface area (Å²) >= 11 is 0. The van der Waals surface area contributed by atoms with Gasteiger partial charge in [-0.2, -0.15) is 5.10 Å². The molecule has 0 aromatic carbocycles. The van der Waals surface area contributed by atoms with Crippen LogP contribution in [0.3, 0.4) is 0 Å². The molecule has 0 spiro atoms. The minimum Gasteiger partial charge on any atom is -0.493 e. The van der Waals surface area contributed by atoms with Crippen molar-refractivity contribution in [2.45, 2.75) is 39.3 Å². The summed E-state index contributed by atoms with van der Waals surface area (Å²) in [5.74, 6) is 0.849. The van der Waals surface area contributed by atoms with Crippen molar-refractivity contribution in [3.05, 3.63) is 24.5 Å². The number of rotatable bonds is 8. The Morgan fingerprint density at radius 1 is 1.59 bits per heavy atom. The Morgan fingerprint density at radius 2 is 2.35 bits per heavy atom. The maximum atomic E-state index is 5.38. The normalized spacial score (nSPS) is 12.4. The first kappa shape index (κ1) is 13.8. The third-order valence-electron chi connectivity index (χ3n) is 2.74. The van der Waals surface area contributed by atoms with Crippen molar-refractivity contribution in [1.29, 1.82) is 0 Å². The topological polar surface area (TPSA) is 39.1 Å². The Bertz CT molecular complexity index is 325. The maximum absolute atomic E-state index is 5.38. The second kappa shape index (κ2) is 7.12. The van der Waals surface area contributed by atoms with Gasteiger partial charge in [-0.15, -0.1) is 6.58 Å². The lowest BCUT2D eigenvalue weighted by atomic mass is 10.1. The van der Waals surface area contributed by atoms with Crippen LogP contribution in [0.2, 0.25) is 0 Å². The maximum Gasteiger partial charge on any atom is 0.161 e. The zero-order valence-corrected chi connectivity index (χ0v) is 11.1. The fraction of sp³-hybridized carbons (Fsp3) is 0.615. The molecular weight excluding hydrogens is 214 g/mol. The highest BCUT2D eigenvalue weighted by Gasteiger charge is 2.19. The third-order valence-corrected chi connectivity index (χ3v) is 2.74. The number of aromatic nitrogens is 2. The zero-order chi connectivity index (χ0) is 12.7. The van der Waals surface area contributed by atoms with Crippen molar-refractivity contribution in [3.63, 3.8) is 0 Å². The highest BCUT2D eigenvalue weighted by Crippen LogP contribution is 2.27. The standard InChI is InChI=1S/C13H23N3O/c1-5-8-11(14-9-6-2)13-12(17-4)10-15-16(13)7-3/h5,10-11,14H,1,6-9H2,2-4H3. The number of methoxy groups -OCH3 is 1. The monoisotopic (exact) mass is 237 g/mol. The second-order valence-electron chi connectivity index (χ2n) is 3.95. The largest absolute Gasteiger partial charge is 0.493 e. The smallest absolute Gasteiger partial charge is 0.161 e. The molecule has 1 unspecified atom stereocenters. The van der Waals surface area contributed by atoms with E-state index in [4.69, 9.17) is 4.74 Å². The van der Waals surface area contributed by atoms with Crippen LogP contribution in [0.4, 0.5) is 0 Å². The van der Waals surface area contributed by atoms with E-state index in [2.05, 4.69) is 30.8 Å². The molecule has 0 bridgehead atoms. The molecule has 1 atom stereocenters. The molecule has 0 saturated heterocycles. The van der Waals surface area contributed by atoms with Gasteiger partial charge < -0.3 is 10.1 Å². The van der Waals surface area contributed by atoms with Crippen LogP contribution in [0.25, 0.3) is 0 Å². The van der Waals surface area contributed by atoms with Crippen molar-refractivity contribution < 1.29 is 4.74 Å². The summed E-state index contributed by atoms with van der Waals surface area (Å²) in [4.78, 5) is 0. The number of ether oxygens (including phenoxy) is 1. The Morgan fingerprint density at radius 3 is 2.88 bits per heavy atom. The summed E-state index contributed by atoms with van der Waals surface area (Å²) < 4.78 is 7.36. The summed E-state index contributed by atoms with van der Waals surface area (Å²) in [6.45, 7) is 9.89. The van der Waals surface area contributed by atoms with Gasteiger partial charge in [-0.3, -0.25) is 4.68 Å². The molecule has 0 fully saturated rings. The van der Waals surface area contributed by atoms with E-state index >= 15 is 0 Å². The number of nitrogens with one attached hydrogen (secondary N) is 1. The number of nitrogens with zero attached hydrogens (tertiary/aromatic N) is 2. The molecule has 0 aliphatic rings. The first-order valence-corrected chi connectivity index (χ1v) is 6.22. The molecule has 1 rings (SSSR count). The van der Waals surface area contributed by atoms with Crippen molar-refractivity contribution >= 4 is 0 Å². The van der Waals surface area contributed by atoms with Gasteiger partial charge in [0, 0.05) is 6.54 Å². The summed E-state index contributed by atoms with van der Waals surface area (Å²) in [6, 6.07) is 0.227.